The summed E-state index contributed by atoms with van der Waals surface area (Å²) in [5, 5.41) is 10.5. The molecule has 0 spiro atoms. The maximum atomic E-state index is 13.5. The Morgan fingerprint density at radius 3 is 2.77 bits per heavy atom. The van der Waals surface area contributed by atoms with E-state index in [1.165, 1.54) is 6.07 Å². The molecule has 0 amide bonds. The number of rotatable bonds is 3. The van der Waals surface area contributed by atoms with Crippen LogP contribution >= 0.6 is 11.6 Å². The second-order valence-electron chi connectivity index (χ2n) is 5.56. The summed E-state index contributed by atoms with van der Waals surface area (Å²) in [7, 11) is 1.81. The molecule has 2 atom stereocenters. The summed E-state index contributed by atoms with van der Waals surface area (Å²) >= 11 is 5.98. The standard InChI is InChI=1S/C15H16ClF2N3O/c1-20-14(16)6-19-15(20)8-21-7-10(22)5-13(21)9-2-3-11(17)12(18)4-9/h2-4,6,10,13,22H,5,7-8H2,1H3. The number of hydrogen-bond acceptors (Lipinski definition) is 3. The largest absolute Gasteiger partial charge is 0.392 e. The monoisotopic (exact) mass is 327 g/mol. The first kappa shape index (κ1) is 15.4. The van der Waals surface area contributed by atoms with E-state index in [1.807, 2.05) is 11.9 Å². The molecule has 1 fully saturated rings. The molecule has 0 radical (unpaired) electrons. The average molecular weight is 328 g/mol. The lowest BCUT2D eigenvalue weighted by atomic mass is 10.0. The van der Waals surface area contributed by atoms with Gasteiger partial charge in [-0.05, 0) is 24.1 Å². The van der Waals surface area contributed by atoms with Crippen LogP contribution in [0.15, 0.2) is 24.4 Å². The van der Waals surface area contributed by atoms with Crippen molar-refractivity contribution in [3.05, 3.63) is 52.6 Å². The number of halogens is 3. The number of aromatic nitrogens is 2. The van der Waals surface area contributed by atoms with E-state index in [-0.39, 0.29) is 6.04 Å². The second kappa shape index (κ2) is 5.95. The highest BCUT2D eigenvalue weighted by atomic mass is 35.5. The first-order valence-corrected chi connectivity index (χ1v) is 7.36. The lowest BCUT2D eigenvalue weighted by Crippen LogP contribution is -2.26. The van der Waals surface area contributed by atoms with Gasteiger partial charge in [-0.2, -0.15) is 0 Å². The molecule has 1 saturated heterocycles. The molecule has 0 saturated carbocycles. The summed E-state index contributed by atoms with van der Waals surface area (Å²) in [5.41, 5.74) is 0.649. The lowest BCUT2D eigenvalue weighted by Gasteiger charge is -2.24. The van der Waals surface area contributed by atoms with Crippen LogP contribution in [0.3, 0.4) is 0 Å². The zero-order chi connectivity index (χ0) is 15.9. The minimum Gasteiger partial charge on any atom is -0.392 e. The van der Waals surface area contributed by atoms with Crippen LogP contribution in [0.1, 0.15) is 23.9 Å². The molecule has 4 nitrogen and oxygen atoms in total. The van der Waals surface area contributed by atoms with E-state index in [4.69, 9.17) is 11.6 Å². The third-order valence-electron chi connectivity index (χ3n) is 4.08. The number of likely N-dealkylation sites (tertiary alicyclic amines) is 1. The highest BCUT2D eigenvalue weighted by Gasteiger charge is 2.33. The second-order valence-corrected chi connectivity index (χ2v) is 5.95. The number of benzene rings is 1. The van der Waals surface area contributed by atoms with Crippen molar-refractivity contribution in [3.63, 3.8) is 0 Å². The van der Waals surface area contributed by atoms with Crippen molar-refractivity contribution in [2.45, 2.75) is 25.1 Å². The van der Waals surface area contributed by atoms with Crippen molar-refractivity contribution in [2.75, 3.05) is 6.54 Å². The van der Waals surface area contributed by atoms with Crippen molar-refractivity contribution >= 4 is 11.6 Å². The average Bonchev–Trinajstić information content (AvgIpc) is 2.99. The van der Waals surface area contributed by atoms with Crippen LogP contribution in [-0.4, -0.2) is 32.2 Å². The SMILES string of the molecule is Cn1c(Cl)cnc1CN1CC(O)CC1c1ccc(F)c(F)c1. The minimum absolute atomic E-state index is 0.180. The molecule has 1 aromatic heterocycles. The van der Waals surface area contributed by atoms with Crippen molar-refractivity contribution in [2.24, 2.45) is 7.05 Å². The third kappa shape index (κ3) is 2.86. The molecule has 118 valence electrons. The fourth-order valence-electron chi connectivity index (χ4n) is 2.87. The Morgan fingerprint density at radius 2 is 2.14 bits per heavy atom. The highest BCUT2D eigenvalue weighted by molar-refractivity contribution is 6.29. The predicted octanol–water partition coefficient (Wildman–Crippen LogP) is 2.66. The quantitative estimate of drug-likeness (QED) is 0.942. The van der Waals surface area contributed by atoms with Gasteiger partial charge in [0.05, 0.1) is 18.8 Å². The highest BCUT2D eigenvalue weighted by Crippen LogP contribution is 2.34. The topological polar surface area (TPSA) is 41.3 Å². The Hall–Kier alpha value is -1.50. The van der Waals surface area contributed by atoms with E-state index in [9.17, 15) is 13.9 Å². The maximum absolute atomic E-state index is 13.5. The molecular weight excluding hydrogens is 312 g/mol. The molecule has 2 unspecified atom stereocenters. The van der Waals surface area contributed by atoms with Crippen LogP contribution in [0.2, 0.25) is 5.15 Å². The number of imidazole rings is 1. The van der Waals surface area contributed by atoms with Crippen LogP contribution in [0, 0.1) is 11.6 Å². The summed E-state index contributed by atoms with van der Waals surface area (Å²) in [6.07, 6.45) is 1.54. The molecule has 2 aromatic rings. The van der Waals surface area contributed by atoms with Gasteiger partial charge < -0.3 is 9.67 Å². The smallest absolute Gasteiger partial charge is 0.159 e. The first-order chi connectivity index (χ1) is 10.5. The van der Waals surface area contributed by atoms with Gasteiger partial charge in [0, 0.05) is 19.6 Å². The Bertz CT molecular complexity index is 691. The molecule has 22 heavy (non-hydrogen) atoms. The van der Waals surface area contributed by atoms with Gasteiger partial charge in [0.2, 0.25) is 0 Å². The molecule has 7 heteroatoms. The normalized spacial score (nSPS) is 22.4. The van der Waals surface area contributed by atoms with Gasteiger partial charge in [0.25, 0.3) is 0 Å². The van der Waals surface area contributed by atoms with E-state index in [2.05, 4.69) is 4.98 Å². The first-order valence-electron chi connectivity index (χ1n) is 6.99. The molecular formula is C15H16ClF2N3O. The minimum atomic E-state index is -0.876. The van der Waals surface area contributed by atoms with Gasteiger partial charge in [-0.15, -0.1) is 0 Å². The number of β-amino-alcohol motifs (C(OH)–C–C–N with tert-alkyl or cyclic N) is 1. The molecule has 0 aliphatic carbocycles. The third-order valence-corrected chi connectivity index (χ3v) is 4.43. The van der Waals surface area contributed by atoms with Gasteiger partial charge in [0.15, 0.2) is 11.6 Å². The number of aliphatic hydroxyl groups excluding tert-OH is 1. The van der Waals surface area contributed by atoms with E-state index in [0.29, 0.717) is 30.2 Å². The van der Waals surface area contributed by atoms with E-state index in [0.717, 1.165) is 11.9 Å². The summed E-state index contributed by atoms with van der Waals surface area (Å²) in [6.45, 7) is 0.929. The number of hydrogen-bond donors (Lipinski definition) is 1. The Balaban J connectivity index is 1.85. The van der Waals surface area contributed by atoms with Crippen LogP contribution < -0.4 is 0 Å². The molecule has 1 aromatic carbocycles. The van der Waals surface area contributed by atoms with Crippen LogP contribution in [0.4, 0.5) is 8.78 Å². The summed E-state index contributed by atoms with van der Waals surface area (Å²) in [6, 6.07) is 3.68. The number of nitrogens with zero attached hydrogens (tertiary/aromatic N) is 3. The fourth-order valence-corrected chi connectivity index (χ4v) is 3.02. The van der Waals surface area contributed by atoms with Crippen molar-refractivity contribution in [1.82, 2.24) is 14.5 Å². The Kier molecular flexibility index (Phi) is 4.16. The maximum Gasteiger partial charge on any atom is 0.159 e. The van der Waals surface area contributed by atoms with E-state index in [1.54, 1.807) is 16.8 Å². The molecule has 1 aliphatic rings. The van der Waals surface area contributed by atoms with Gasteiger partial charge in [-0.3, -0.25) is 4.90 Å². The van der Waals surface area contributed by atoms with Gasteiger partial charge >= 0.3 is 0 Å². The lowest BCUT2D eigenvalue weighted by molar-refractivity contribution is 0.171. The van der Waals surface area contributed by atoms with Gasteiger partial charge in [0.1, 0.15) is 11.0 Å². The molecule has 1 aliphatic heterocycles. The van der Waals surface area contributed by atoms with Crippen LogP contribution in [0.25, 0.3) is 0 Å². The molecule has 0 bridgehead atoms. The molecule has 3 rings (SSSR count). The van der Waals surface area contributed by atoms with E-state index >= 15 is 0 Å². The summed E-state index contributed by atoms with van der Waals surface area (Å²) in [4.78, 5) is 6.23. The summed E-state index contributed by atoms with van der Waals surface area (Å²) < 4.78 is 28.3. The predicted molar refractivity (Wildman–Crippen MR) is 78.4 cm³/mol. The van der Waals surface area contributed by atoms with E-state index < -0.39 is 17.7 Å². The van der Waals surface area contributed by atoms with Crippen molar-refractivity contribution in [1.29, 1.82) is 0 Å². The number of aliphatic hydroxyl groups is 1. The molecule has 1 N–H and O–H groups in total. The van der Waals surface area contributed by atoms with Crippen LogP contribution in [0.5, 0.6) is 0 Å². The Labute approximate surface area is 131 Å². The zero-order valence-electron chi connectivity index (χ0n) is 12.0. The summed E-state index contributed by atoms with van der Waals surface area (Å²) in [5.74, 6) is -0.990. The fraction of sp³-hybridized carbons (Fsp3) is 0.400. The van der Waals surface area contributed by atoms with Gasteiger partial charge in [-0.25, -0.2) is 13.8 Å². The van der Waals surface area contributed by atoms with Crippen molar-refractivity contribution in [3.8, 4) is 0 Å². The molecule has 2 heterocycles. The van der Waals surface area contributed by atoms with Crippen LogP contribution in [-0.2, 0) is 13.6 Å². The Morgan fingerprint density at radius 1 is 1.36 bits per heavy atom. The van der Waals surface area contributed by atoms with Crippen molar-refractivity contribution < 1.29 is 13.9 Å². The van der Waals surface area contributed by atoms with Gasteiger partial charge in [-0.1, -0.05) is 17.7 Å². The zero-order valence-corrected chi connectivity index (χ0v) is 12.8.